The Kier molecular flexibility index (Phi) is 3.84. The van der Waals surface area contributed by atoms with Gasteiger partial charge in [-0.3, -0.25) is 0 Å². The van der Waals surface area contributed by atoms with Gasteiger partial charge in [-0.15, -0.1) is 0 Å². The van der Waals surface area contributed by atoms with Crippen molar-refractivity contribution in [2.75, 3.05) is 6.54 Å². The first-order valence-electron chi connectivity index (χ1n) is 5.72. The van der Waals surface area contributed by atoms with E-state index in [1.54, 1.807) is 6.07 Å². The van der Waals surface area contributed by atoms with Crippen LogP contribution >= 0.6 is 0 Å². The average Bonchev–Trinajstić information content (AvgIpc) is 2.91. The predicted molar refractivity (Wildman–Crippen MR) is 68.4 cm³/mol. The molecule has 0 unspecified atom stereocenters. The molecule has 0 N–H and O–H groups in total. The van der Waals surface area contributed by atoms with E-state index >= 15 is 0 Å². The van der Waals surface area contributed by atoms with Crippen molar-refractivity contribution < 1.29 is 12.8 Å². The minimum absolute atomic E-state index is 0.0136. The second-order valence-electron chi connectivity index (χ2n) is 3.85. The van der Waals surface area contributed by atoms with Crippen LogP contribution in [-0.4, -0.2) is 19.3 Å². The summed E-state index contributed by atoms with van der Waals surface area (Å²) < 4.78 is 30.9. The maximum absolute atomic E-state index is 12.3. The van der Waals surface area contributed by atoms with Crippen LogP contribution in [0.4, 0.5) is 0 Å². The summed E-state index contributed by atoms with van der Waals surface area (Å²) in [4.78, 5) is 0. The molecule has 0 fully saturated rings. The topological polar surface area (TPSA) is 50.5 Å². The third-order valence-electron chi connectivity index (χ3n) is 2.64. The first-order chi connectivity index (χ1) is 8.64. The molecular weight excluding hydrogens is 250 g/mol. The van der Waals surface area contributed by atoms with Crippen LogP contribution in [0.3, 0.4) is 0 Å². The highest BCUT2D eigenvalue weighted by molar-refractivity contribution is 7.89. The van der Waals surface area contributed by atoms with Crippen LogP contribution in [0.2, 0.25) is 0 Å². The Morgan fingerprint density at radius 1 is 1.11 bits per heavy atom. The Balaban J connectivity index is 2.25. The monoisotopic (exact) mass is 265 g/mol. The van der Waals surface area contributed by atoms with Crippen molar-refractivity contribution in [1.82, 2.24) is 4.31 Å². The smallest absolute Gasteiger partial charge is 0.276 e. The molecule has 5 heteroatoms. The van der Waals surface area contributed by atoms with E-state index in [9.17, 15) is 8.42 Å². The van der Waals surface area contributed by atoms with E-state index in [-0.39, 0.29) is 5.09 Å². The molecule has 0 saturated carbocycles. The zero-order chi connectivity index (χ0) is 13.0. The van der Waals surface area contributed by atoms with Gasteiger partial charge in [-0.05, 0) is 17.7 Å². The molecule has 96 valence electrons. The zero-order valence-electron chi connectivity index (χ0n) is 10.1. The van der Waals surface area contributed by atoms with Crippen molar-refractivity contribution in [1.29, 1.82) is 0 Å². The third-order valence-corrected chi connectivity index (χ3v) is 4.45. The van der Waals surface area contributed by atoms with Gasteiger partial charge in [0, 0.05) is 13.1 Å². The maximum Gasteiger partial charge on any atom is 0.276 e. The van der Waals surface area contributed by atoms with Crippen molar-refractivity contribution in [3.05, 3.63) is 54.3 Å². The van der Waals surface area contributed by atoms with Gasteiger partial charge in [0.1, 0.15) is 0 Å². The van der Waals surface area contributed by atoms with Gasteiger partial charge < -0.3 is 4.42 Å². The van der Waals surface area contributed by atoms with Crippen LogP contribution < -0.4 is 0 Å². The summed E-state index contributed by atoms with van der Waals surface area (Å²) in [6.07, 6.45) is 1.36. The van der Waals surface area contributed by atoms with Gasteiger partial charge in [0.15, 0.2) is 0 Å². The van der Waals surface area contributed by atoms with Gasteiger partial charge in [0.25, 0.3) is 10.0 Å². The van der Waals surface area contributed by atoms with Gasteiger partial charge in [-0.25, -0.2) is 8.42 Å². The normalized spacial score (nSPS) is 11.9. The summed E-state index contributed by atoms with van der Waals surface area (Å²) in [6, 6.07) is 12.5. The molecule has 0 bridgehead atoms. The molecule has 1 aromatic carbocycles. The summed E-state index contributed by atoms with van der Waals surface area (Å²) in [6.45, 7) is 2.56. The number of sulfonamides is 1. The van der Waals surface area contributed by atoms with E-state index in [0.717, 1.165) is 5.56 Å². The molecule has 0 aliphatic heterocycles. The number of hydrogen-bond acceptors (Lipinski definition) is 3. The van der Waals surface area contributed by atoms with Crippen molar-refractivity contribution >= 4 is 10.0 Å². The lowest BCUT2D eigenvalue weighted by Crippen LogP contribution is -2.30. The highest BCUT2D eigenvalue weighted by atomic mass is 32.2. The summed E-state index contributed by atoms with van der Waals surface area (Å²) in [5.74, 6) is 0. The summed E-state index contributed by atoms with van der Waals surface area (Å²) in [5.41, 5.74) is 0.953. The highest BCUT2D eigenvalue weighted by Gasteiger charge is 2.25. The van der Waals surface area contributed by atoms with Gasteiger partial charge in [0.2, 0.25) is 5.09 Å². The second kappa shape index (κ2) is 5.37. The quantitative estimate of drug-likeness (QED) is 0.834. The van der Waals surface area contributed by atoms with Crippen LogP contribution in [0.5, 0.6) is 0 Å². The number of furan rings is 1. The molecule has 2 aromatic rings. The fraction of sp³-hybridized carbons (Fsp3) is 0.231. The Morgan fingerprint density at radius 2 is 1.83 bits per heavy atom. The van der Waals surface area contributed by atoms with Gasteiger partial charge in [0.05, 0.1) is 6.26 Å². The van der Waals surface area contributed by atoms with Crippen LogP contribution in [0, 0.1) is 0 Å². The van der Waals surface area contributed by atoms with Crippen LogP contribution in [0.25, 0.3) is 0 Å². The van der Waals surface area contributed by atoms with Gasteiger partial charge in [-0.1, -0.05) is 37.3 Å². The molecule has 0 radical (unpaired) electrons. The second-order valence-corrected chi connectivity index (χ2v) is 5.72. The lowest BCUT2D eigenvalue weighted by Gasteiger charge is -2.18. The standard InChI is InChI=1S/C13H15NO3S/c1-2-14(11-12-7-4-3-5-8-12)18(15,16)13-9-6-10-17-13/h3-10H,2,11H2,1H3. The Labute approximate surface area is 107 Å². The summed E-state index contributed by atoms with van der Waals surface area (Å²) >= 11 is 0. The first kappa shape index (κ1) is 12.9. The molecule has 0 aliphatic rings. The number of hydrogen-bond donors (Lipinski definition) is 0. The van der Waals surface area contributed by atoms with Crippen LogP contribution in [0.1, 0.15) is 12.5 Å². The Morgan fingerprint density at radius 3 is 2.39 bits per heavy atom. The molecule has 1 aromatic heterocycles. The Hall–Kier alpha value is -1.59. The molecule has 1 heterocycles. The summed E-state index contributed by atoms with van der Waals surface area (Å²) in [7, 11) is -3.54. The largest absolute Gasteiger partial charge is 0.452 e. The third kappa shape index (κ3) is 2.63. The van der Waals surface area contributed by atoms with E-state index in [4.69, 9.17) is 4.42 Å². The van der Waals surface area contributed by atoms with E-state index in [0.29, 0.717) is 13.1 Å². The molecule has 0 amide bonds. The average molecular weight is 265 g/mol. The number of benzene rings is 1. The zero-order valence-corrected chi connectivity index (χ0v) is 10.9. The molecule has 0 spiro atoms. The fourth-order valence-corrected chi connectivity index (χ4v) is 3.03. The predicted octanol–water partition coefficient (Wildman–Crippen LogP) is 2.49. The lowest BCUT2D eigenvalue weighted by atomic mass is 10.2. The molecule has 0 atom stereocenters. The fourth-order valence-electron chi connectivity index (χ4n) is 1.69. The molecule has 2 rings (SSSR count). The van der Waals surface area contributed by atoms with Gasteiger partial charge >= 0.3 is 0 Å². The molecule has 0 saturated heterocycles. The molecular formula is C13H15NO3S. The van der Waals surface area contributed by atoms with Crippen molar-refractivity contribution in [2.24, 2.45) is 0 Å². The van der Waals surface area contributed by atoms with Crippen LogP contribution in [-0.2, 0) is 16.6 Å². The van der Waals surface area contributed by atoms with Crippen molar-refractivity contribution in [3.8, 4) is 0 Å². The molecule has 0 aliphatic carbocycles. The van der Waals surface area contributed by atoms with E-state index in [1.165, 1.54) is 16.6 Å². The van der Waals surface area contributed by atoms with Crippen molar-refractivity contribution in [2.45, 2.75) is 18.6 Å². The lowest BCUT2D eigenvalue weighted by molar-refractivity contribution is 0.385. The minimum Gasteiger partial charge on any atom is -0.452 e. The van der Waals surface area contributed by atoms with Gasteiger partial charge in [-0.2, -0.15) is 4.31 Å². The summed E-state index contributed by atoms with van der Waals surface area (Å²) in [5, 5.41) is -0.0136. The Bertz CT molecular complexity index is 576. The minimum atomic E-state index is -3.54. The SMILES string of the molecule is CCN(Cc1ccccc1)S(=O)(=O)c1ccco1. The molecule has 18 heavy (non-hydrogen) atoms. The number of rotatable bonds is 5. The molecule has 4 nitrogen and oxygen atoms in total. The van der Waals surface area contributed by atoms with E-state index in [2.05, 4.69) is 0 Å². The van der Waals surface area contributed by atoms with Crippen LogP contribution in [0.15, 0.2) is 58.2 Å². The van der Waals surface area contributed by atoms with E-state index in [1.807, 2.05) is 37.3 Å². The highest BCUT2D eigenvalue weighted by Crippen LogP contribution is 2.18. The van der Waals surface area contributed by atoms with E-state index < -0.39 is 10.0 Å². The maximum atomic E-state index is 12.3. The number of nitrogens with zero attached hydrogens (tertiary/aromatic N) is 1. The van der Waals surface area contributed by atoms with Crippen molar-refractivity contribution in [3.63, 3.8) is 0 Å². The first-order valence-corrected chi connectivity index (χ1v) is 7.16.